The molecule has 0 saturated carbocycles. The molecule has 2 aromatic heterocycles. The summed E-state index contributed by atoms with van der Waals surface area (Å²) in [5.41, 5.74) is 1.28. The van der Waals surface area contributed by atoms with Gasteiger partial charge in [0.25, 0.3) is 0 Å². The van der Waals surface area contributed by atoms with Gasteiger partial charge in [-0.3, -0.25) is 9.89 Å². The van der Waals surface area contributed by atoms with Crippen molar-refractivity contribution < 1.29 is 18.3 Å². The lowest BCUT2D eigenvalue weighted by Gasteiger charge is -2.19. The van der Waals surface area contributed by atoms with Gasteiger partial charge >= 0.3 is 0 Å². The van der Waals surface area contributed by atoms with E-state index in [1.807, 2.05) is 20.8 Å². The molecule has 1 unspecified atom stereocenters. The van der Waals surface area contributed by atoms with Crippen LogP contribution in [0.2, 0.25) is 0 Å². The van der Waals surface area contributed by atoms with Gasteiger partial charge < -0.3 is 20.7 Å². The number of nitrogens with zero attached hydrogens (tertiary/aromatic N) is 2. The number of rotatable bonds is 9. The molecule has 1 aromatic carbocycles. The Morgan fingerprint density at radius 3 is 2.50 bits per heavy atom. The summed E-state index contributed by atoms with van der Waals surface area (Å²) in [6.45, 7) is 7.09. The number of H-pyrrole nitrogens is 1. The summed E-state index contributed by atoms with van der Waals surface area (Å²) in [5.74, 6) is -0.0824. The SMILES string of the molecule is CC(=O)NCc1cc(F)c(Nc2cc(OC(C)C)n[nH]2)nc1NC(C)c1ccc(F)cc1. The molecular formula is C22H26F2N6O2. The monoisotopic (exact) mass is 444 g/mol. The lowest BCUT2D eigenvalue weighted by molar-refractivity contribution is -0.119. The summed E-state index contributed by atoms with van der Waals surface area (Å²) in [6.07, 6.45) is -0.0576. The van der Waals surface area contributed by atoms with Gasteiger partial charge in [0, 0.05) is 31.1 Å². The third-order valence-corrected chi connectivity index (χ3v) is 4.47. The molecule has 0 aliphatic rings. The number of hydrogen-bond donors (Lipinski definition) is 4. The summed E-state index contributed by atoms with van der Waals surface area (Å²) in [6, 6.07) is 8.69. The molecule has 1 atom stereocenters. The van der Waals surface area contributed by atoms with Crippen LogP contribution in [0.5, 0.6) is 5.88 Å². The number of hydrogen-bond acceptors (Lipinski definition) is 6. The van der Waals surface area contributed by atoms with Gasteiger partial charge in [0.1, 0.15) is 17.5 Å². The van der Waals surface area contributed by atoms with Gasteiger partial charge in [0.2, 0.25) is 11.8 Å². The number of carbonyl (C=O) groups is 1. The number of amides is 1. The van der Waals surface area contributed by atoms with Gasteiger partial charge in [-0.05, 0) is 44.5 Å². The molecular weight excluding hydrogens is 418 g/mol. The first kappa shape index (κ1) is 23.0. The molecule has 8 nitrogen and oxygen atoms in total. The zero-order valence-electron chi connectivity index (χ0n) is 18.3. The van der Waals surface area contributed by atoms with Crippen LogP contribution in [0.1, 0.15) is 44.9 Å². The molecule has 0 aliphatic carbocycles. The van der Waals surface area contributed by atoms with Gasteiger partial charge in [-0.15, -0.1) is 5.10 Å². The second-order valence-corrected chi connectivity index (χ2v) is 7.57. The van der Waals surface area contributed by atoms with Crippen LogP contribution in [0, 0.1) is 11.6 Å². The van der Waals surface area contributed by atoms with Crippen molar-refractivity contribution in [3.63, 3.8) is 0 Å². The van der Waals surface area contributed by atoms with Crippen molar-refractivity contribution >= 4 is 23.4 Å². The Kier molecular flexibility index (Phi) is 7.24. The highest BCUT2D eigenvalue weighted by Gasteiger charge is 2.16. The molecule has 2 heterocycles. The third kappa shape index (κ3) is 6.16. The molecule has 0 fully saturated rings. The molecule has 0 aliphatic heterocycles. The van der Waals surface area contributed by atoms with E-state index in [-0.39, 0.29) is 36.2 Å². The van der Waals surface area contributed by atoms with E-state index in [2.05, 4.69) is 31.1 Å². The van der Waals surface area contributed by atoms with Crippen molar-refractivity contribution in [3.8, 4) is 5.88 Å². The first-order valence-electron chi connectivity index (χ1n) is 10.2. The van der Waals surface area contributed by atoms with Crippen LogP contribution in [-0.2, 0) is 11.3 Å². The highest BCUT2D eigenvalue weighted by atomic mass is 19.1. The fourth-order valence-corrected chi connectivity index (χ4v) is 2.93. The van der Waals surface area contributed by atoms with Crippen LogP contribution in [0.25, 0.3) is 0 Å². The number of ether oxygens (including phenoxy) is 1. The van der Waals surface area contributed by atoms with E-state index in [4.69, 9.17) is 4.74 Å². The molecule has 1 amide bonds. The maximum Gasteiger partial charge on any atom is 0.234 e. The Balaban J connectivity index is 1.87. The quantitative estimate of drug-likeness (QED) is 0.389. The molecule has 10 heteroatoms. The molecule has 0 spiro atoms. The van der Waals surface area contributed by atoms with Crippen molar-refractivity contribution in [2.45, 2.75) is 46.4 Å². The topological polar surface area (TPSA) is 104 Å². The van der Waals surface area contributed by atoms with E-state index in [1.54, 1.807) is 18.2 Å². The molecule has 0 saturated heterocycles. The predicted octanol–water partition coefficient (Wildman–Crippen LogP) is 4.42. The summed E-state index contributed by atoms with van der Waals surface area (Å²) >= 11 is 0. The normalized spacial score (nSPS) is 11.8. The van der Waals surface area contributed by atoms with E-state index < -0.39 is 5.82 Å². The number of aromatic nitrogens is 3. The first-order chi connectivity index (χ1) is 15.2. The minimum atomic E-state index is -0.605. The van der Waals surface area contributed by atoms with Crippen LogP contribution in [0.15, 0.2) is 36.4 Å². The fourth-order valence-electron chi connectivity index (χ4n) is 2.93. The van der Waals surface area contributed by atoms with Gasteiger partial charge in [-0.2, -0.15) is 0 Å². The standard InChI is InChI=1S/C22H26F2N6O2/c1-12(2)32-20-10-19(29-30-20)27-22-18(24)9-16(11-25-14(4)31)21(28-22)26-13(3)15-5-7-17(23)8-6-15/h5-10,12-13H,11H2,1-4H3,(H,25,31)(H3,26,27,28,29,30). The van der Waals surface area contributed by atoms with E-state index >= 15 is 0 Å². The van der Waals surface area contributed by atoms with Crippen LogP contribution in [-0.4, -0.2) is 27.2 Å². The summed E-state index contributed by atoms with van der Waals surface area (Å²) < 4.78 is 33.5. The predicted molar refractivity (Wildman–Crippen MR) is 118 cm³/mol. The average molecular weight is 444 g/mol. The number of halogens is 2. The van der Waals surface area contributed by atoms with Gasteiger partial charge in [0.15, 0.2) is 11.6 Å². The number of anilines is 3. The first-order valence-corrected chi connectivity index (χ1v) is 10.2. The Morgan fingerprint density at radius 2 is 1.84 bits per heavy atom. The number of aromatic amines is 1. The fraction of sp³-hybridized carbons (Fsp3) is 0.318. The Morgan fingerprint density at radius 1 is 1.12 bits per heavy atom. The second-order valence-electron chi connectivity index (χ2n) is 7.57. The van der Waals surface area contributed by atoms with Crippen molar-refractivity contribution in [3.05, 3.63) is 59.2 Å². The zero-order chi connectivity index (χ0) is 23.3. The highest BCUT2D eigenvalue weighted by Crippen LogP contribution is 2.27. The average Bonchev–Trinajstić information content (AvgIpc) is 3.15. The smallest absolute Gasteiger partial charge is 0.234 e. The van der Waals surface area contributed by atoms with E-state index in [1.165, 1.54) is 25.1 Å². The molecule has 3 rings (SSSR count). The lowest BCUT2D eigenvalue weighted by Crippen LogP contribution is -2.21. The second kappa shape index (κ2) is 10.1. The molecule has 0 radical (unpaired) electrons. The Labute approximate surface area is 184 Å². The van der Waals surface area contributed by atoms with Crippen molar-refractivity contribution in [1.29, 1.82) is 0 Å². The summed E-state index contributed by atoms with van der Waals surface area (Å²) in [5, 5.41) is 15.5. The Bertz CT molecular complexity index is 1070. The summed E-state index contributed by atoms with van der Waals surface area (Å²) in [4.78, 5) is 15.7. The minimum Gasteiger partial charge on any atom is -0.474 e. The number of pyridine rings is 1. The van der Waals surface area contributed by atoms with E-state index in [9.17, 15) is 13.6 Å². The largest absolute Gasteiger partial charge is 0.474 e. The zero-order valence-corrected chi connectivity index (χ0v) is 18.3. The summed E-state index contributed by atoms with van der Waals surface area (Å²) in [7, 11) is 0. The molecule has 3 aromatic rings. The molecule has 0 bridgehead atoms. The van der Waals surface area contributed by atoms with Gasteiger partial charge in [0.05, 0.1) is 6.10 Å². The molecule has 170 valence electrons. The van der Waals surface area contributed by atoms with Crippen LogP contribution in [0.3, 0.4) is 0 Å². The van der Waals surface area contributed by atoms with Gasteiger partial charge in [-0.25, -0.2) is 13.8 Å². The maximum atomic E-state index is 14.8. The maximum absolute atomic E-state index is 14.8. The van der Waals surface area contributed by atoms with Crippen molar-refractivity contribution in [2.24, 2.45) is 0 Å². The number of nitrogens with one attached hydrogen (secondary N) is 4. The van der Waals surface area contributed by atoms with Crippen molar-refractivity contribution in [1.82, 2.24) is 20.5 Å². The highest BCUT2D eigenvalue weighted by molar-refractivity contribution is 5.73. The number of carbonyl (C=O) groups excluding carboxylic acids is 1. The van der Waals surface area contributed by atoms with Gasteiger partial charge in [-0.1, -0.05) is 12.1 Å². The lowest BCUT2D eigenvalue weighted by atomic mass is 10.1. The third-order valence-electron chi connectivity index (χ3n) is 4.47. The van der Waals surface area contributed by atoms with Crippen molar-refractivity contribution in [2.75, 3.05) is 10.6 Å². The number of benzene rings is 1. The van der Waals surface area contributed by atoms with Crippen LogP contribution in [0.4, 0.5) is 26.2 Å². The van der Waals surface area contributed by atoms with E-state index in [0.717, 1.165) is 5.56 Å². The molecule has 32 heavy (non-hydrogen) atoms. The minimum absolute atomic E-state index is 0.0369. The van der Waals surface area contributed by atoms with Crippen LogP contribution >= 0.6 is 0 Å². The molecule has 4 N–H and O–H groups in total. The Hall–Kier alpha value is -3.69. The van der Waals surface area contributed by atoms with Crippen LogP contribution < -0.4 is 20.7 Å². The van der Waals surface area contributed by atoms with E-state index in [0.29, 0.717) is 23.1 Å².